The molecule has 0 saturated heterocycles. The Labute approximate surface area is 218 Å². The second-order valence-electron chi connectivity index (χ2n) is 11.7. The highest BCUT2D eigenvalue weighted by Gasteiger charge is 2.39. The minimum Gasteiger partial charge on any atom is -0.429 e. The summed E-state index contributed by atoms with van der Waals surface area (Å²) in [5, 5.41) is 0. The second-order valence-corrected chi connectivity index (χ2v) is 11.7. The monoisotopic (exact) mass is 526 g/mol. The summed E-state index contributed by atoms with van der Waals surface area (Å²) in [4.78, 5) is 12.6. The molecule has 37 heavy (non-hydrogen) atoms. The molecule has 0 bridgehead atoms. The molecule has 4 unspecified atom stereocenters. The predicted octanol–water partition coefficient (Wildman–Crippen LogP) is 9.08. The van der Waals surface area contributed by atoms with Crippen molar-refractivity contribution in [3.8, 4) is 11.5 Å². The highest BCUT2D eigenvalue weighted by Crippen LogP contribution is 2.49. The van der Waals surface area contributed by atoms with E-state index in [0.29, 0.717) is 30.9 Å². The summed E-state index contributed by atoms with van der Waals surface area (Å²) in [6.07, 6.45) is 18.4. The minimum absolute atomic E-state index is 0.307. The maximum Gasteiger partial charge on any atom is 0.387 e. The fourth-order valence-corrected chi connectivity index (χ4v) is 7.40. The van der Waals surface area contributed by atoms with Crippen molar-refractivity contribution in [1.82, 2.24) is 0 Å². The third-order valence-corrected chi connectivity index (χ3v) is 9.40. The van der Waals surface area contributed by atoms with Gasteiger partial charge in [-0.3, -0.25) is 4.79 Å². The molecule has 0 amide bonds. The number of rotatable bonds is 10. The molecule has 0 heterocycles. The second kappa shape index (κ2) is 13.3. The maximum atomic E-state index is 14.0. The number of unbranched alkanes of at least 4 members (excludes halogenated alkanes) is 3. The molecule has 0 radical (unpaired) electrons. The van der Waals surface area contributed by atoms with E-state index in [0.717, 1.165) is 36.5 Å². The van der Waals surface area contributed by atoms with Crippen LogP contribution in [0.15, 0.2) is 12.1 Å². The largest absolute Gasteiger partial charge is 0.429 e. The molecule has 7 heteroatoms. The molecule has 208 valence electrons. The van der Waals surface area contributed by atoms with Crippen molar-refractivity contribution in [3.05, 3.63) is 23.8 Å². The van der Waals surface area contributed by atoms with Gasteiger partial charge in [0.1, 0.15) is 5.75 Å². The van der Waals surface area contributed by atoms with Crippen LogP contribution in [0.3, 0.4) is 0 Å². The van der Waals surface area contributed by atoms with E-state index in [-0.39, 0.29) is 11.7 Å². The van der Waals surface area contributed by atoms with Gasteiger partial charge in [0.25, 0.3) is 0 Å². The summed E-state index contributed by atoms with van der Waals surface area (Å²) in [5.74, 6) is -0.886. The van der Waals surface area contributed by atoms with Gasteiger partial charge in [-0.2, -0.15) is 8.78 Å². The van der Waals surface area contributed by atoms with Gasteiger partial charge in [0.05, 0.1) is 5.92 Å². The van der Waals surface area contributed by atoms with Crippen molar-refractivity contribution in [1.29, 1.82) is 0 Å². The lowest BCUT2D eigenvalue weighted by Crippen LogP contribution is -2.35. The first-order chi connectivity index (χ1) is 17.8. The van der Waals surface area contributed by atoms with Crippen LogP contribution in [0.2, 0.25) is 0 Å². The van der Waals surface area contributed by atoms with E-state index < -0.39 is 30.0 Å². The van der Waals surface area contributed by atoms with Crippen molar-refractivity contribution in [3.63, 3.8) is 0 Å². The molecule has 4 atom stereocenters. The number of hydrogen-bond acceptors (Lipinski definition) is 3. The van der Waals surface area contributed by atoms with Crippen LogP contribution < -0.4 is 9.47 Å². The average molecular weight is 527 g/mol. The Hall–Kier alpha value is -1.79. The van der Waals surface area contributed by atoms with E-state index in [1.54, 1.807) is 0 Å². The molecule has 0 aromatic heterocycles. The van der Waals surface area contributed by atoms with Crippen molar-refractivity contribution in [2.24, 2.45) is 35.5 Å². The molecular formula is C30H42F4O3. The third kappa shape index (κ3) is 7.63. The number of carbonyl (C=O) groups excluding carboxylic acids is 1. The fourth-order valence-electron chi connectivity index (χ4n) is 7.40. The van der Waals surface area contributed by atoms with Crippen LogP contribution in [0.1, 0.15) is 103 Å². The van der Waals surface area contributed by atoms with Crippen LogP contribution in [-0.4, -0.2) is 12.6 Å². The summed E-state index contributed by atoms with van der Waals surface area (Å²) in [5.41, 5.74) is 0. The van der Waals surface area contributed by atoms with Gasteiger partial charge in [0, 0.05) is 12.1 Å². The quantitative estimate of drug-likeness (QED) is 0.132. The zero-order valence-corrected chi connectivity index (χ0v) is 22.0. The third-order valence-electron chi connectivity index (χ3n) is 9.40. The van der Waals surface area contributed by atoms with Crippen LogP contribution in [0.4, 0.5) is 17.6 Å². The molecule has 0 aliphatic heterocycles. The van der Waals surface area contributed by atoms with Gasteiger partial charge in [0.15, 0.2) is 17.4 Å². The van der Waals surface area contributed by atoms with Crippen molar-refractivity contribution in [2.45, 2.75) is 110 Å². The zero-order chi connectivity index (χ0) is 26.4. The Morgan fingerprint density at radius 1 is 0.838 bits per heavy atom. The van der Waals surface area contributed by atoms with Crippen LogP contribution in [-0.2, 0) is 4.79 Å². The van der Waals surface area contributed by atoms with Gasteiger partial charge in [-0.05, 0) is 87.4 Å². The number of esters is 1. The molecule has 3 aliphatic rings. The van der Waals surface area contributed by atoms with Crippen molar-refractivity contribution in [2.75, 3.05) is 0 Å². The molecular weight excluding hydrogens is 484 g/mol. The van der Waals surface area contributed by atoms with Gasteiger partial charge in [-0.1, -0.05) is 45.4 Å². The van der Waals surface area contributed by atoms with E-state index in [1.165, 1.54) is 70.6 Å². The number of benzene rings is 1. The van der Waals surface area contributed by atoms with Gasteiger partial charge in [-0.15, -0.1) is 0 Å². The van der Waals surface area contributed by atoms with Gasteiger partial charge >= 0.3 is 12.6 Å². The van der Waals surface area contributed by atoms with Crippen LogP contribution in [0, 0.1) is 47.1 Å². The standard InChI is InChI=1S/C30H42F4O3/c1-2-3-4-5-6-19-7-8-24-16-23(14-13-22(24)15-19)20-9-11-21(12-10-20)29(35)36-25-17-26(31)28(27(32)18-25)37-30(33)34/h17-24,30H,2-16H2,1H3. The molecule has 1 aromatic carbocycles. The van der Waals surface area contributed by atoms with E-state index in [2.05, 4.69) is 11.7 Å². The van der Waals surface area contributed by atoms with Gasteiger partial charge in [0.2, 0.25) is 0 Å². The Morgan fingerprint density at radius 2 is 1.43 bits per heavy atom. The topological polar surface area (TPSA) is 35.5 Å². The molecule has 1 aromatic rings. The number of ether oxygens (including phenoxy) is 2. The molecule has 3 saturated carbocycles. The summed E-state index contributed by atoms with van der Waals surface area (Å²) in [6, 6.07) is 1.42. The lowest BCUT2D eigenvalue weighted by Gasteiger charge is -2.45. The minimum atomic E-state index is -3.35. The summed E-state index contributed by atoms with van der Waals surface area (Å²) < 4.78 is 61.6. The molecule has 0 spiro atoms. The lowest BCUT2D eigenvalue weighted by molar-refractivity contribution is -0.140. The predicted molar refractivity (Wildman–Crippen MR) is 134 cm³/mol. The number of hydrogen-bond donors (Lipinski definition) is 0. The summed E-state index contributed by atoms with van der Waals surface area (Å²) >= 11 is 0. The summed E-state index contributed by atoms with van der Waals surface area (Å²) in [7, 11) is 0. The van der Waals surface area contributed by atoms with Gasteiger partial charge < -0.3 is 9.47 Å². The first-order valence-electron chi connectivity index (χ1n) is 14.5. The smallest absolute Gasteiger partial charge is 0.387 e. The molecule has 3 aliphatic carbocycles. The lowest BCUT2D eigenvalue weighted by atomic mass is 9.60. The molecule has 4 rings (SSSR count). The Balaban J connectivity index is 1.21. The fraction of sp³-hybridized carbons (Fsp3) is 0.767. The van der Waals surface area contributed by atoms with Crippen LogP contribution >= 0.6 is 0 Å². The SMILES string of the molecule is CCCCCCC1CCC2CC(C3CCC(C(=O)Oc4cc(F)c(OC(F)F)c(F)c4)CC3)CCC2C1. The van der Waals surface area contributed by atoms with Crippen molar-refractivity contribution < 1.29 is 31.8 Å². The number of alkyl halides is 2. The number of halogens is 4. The van der Waals surface area contributed by atoms with E-state index in [9.17, 15) is 22.4 Å². The van der Waals surface area contributed by atoms with E-state index >= 15 is 0 Å². The Kier molecular flexibility index (Phi) is 10.2. The Bertz CT molecular complexity index is 861. The molecule has 0 N–H and O–H groups in total. The summed E-state index contributed by atoms with van der Waals surface area (Å²) in [6.45, 7) is -1.08. The van der Waals surface area contributed by atoms with Crippen LogP contribution in [0.5, 0.6) is 11.5 Å². The highest BCUT2D eigenvalue weighted by atomic mass is 19.3. The molecule has 3 fully saturated rings. The first kappa shape index (κ1) is 28.2. The molecule has 3 nitrogen and oxygen atoms in total. The highest BCUT2D eigenvalue weighted by molar-refractivity contribution is 5.75. The van der Waals surface area contributed by atoms with E-state index in [1.807, 2.05) is 0 Å². The van der Waals surface area contributed by atoms with E-state index in [4.69, 9.17) is 4.74 Å². The van der Waals surface area contributed by atoms with Crippen LogP contribution in [0.25, 0.3) is 0 Å². The Morgan fingerprint density at radius 3 is 2.08 bits per heavy atom. The zero-order valence-electron chi connectivity index (χ0n) is 22.0. The number of carbonyl (C=O) groups is 1. The maximum absolute atomic E-state index is 14.0. The van der Waals surface area contributed by atoms with Gasteiger partial charge in [-0.25, -0.2) is 8.78 Å². The normalized spacial score (nSPS) is 30.1. The van der Waals surface area contributed by atoms with Crippen molar-refractivity contribution >= 4 is 5.97 Å². The number of fused-ring (bicyclic) bond motifs is 1. The average Bonchev–Trinajstić information content (AvgIpc) is 2.88. The first-order valence-corrected chi connectivity index (χ1v) is 14.5.